The predicted octanol–water partition coefficient (Wildman–Crippen LogP) is 5.47. The van der Waals surface area contributed by atoms with Crippen LogP contribution < -0.4 is 10.5 Å². The summed E-state index contributed by atoms with van der Waals surface area (Å²) in [6.07, 6.45) is -4.67. The molecule has 0 aromatic heterocycles. The van der Waals surface area contributed by atoms with Crippen LogP contribution in [0.5, 0.6) is 5.75 Å². The van der Waals surface area contributed by atoms with Gasteiger partial charge in [0.2, 0.25) is 0 Å². The molecule has 156 valence electrons. The van der Waals surface area contributed by atoms with Gasteiger partial charge in [0.15, 0.2) is 11.6 Å². The number of hydrogen-bond acceptors (Lipinski definition) is 2. The number of halogens is 6. The van der Waals surface area contributed by atoms with Crippen molar-refractivity contribution >= 4 is 5.91 Å². The average Bonchev–Trinajstić information content (AvgIpc) is 2.66. The van der Waals surface area contributed by atoms with Crippen LogP contribution in [0.4, 0.5) is 26.3 Å². The topological polar surface area (TPSA) is 52.3 Å². The zero-order valence-electron chi connectivity index (χ0n) is 15.1. The van der Waals surface area contributed by atoms with E-state index in [0.29, 0.717) is 11.6 Å². The minimum absolute atomic E-state index is 0.0613. The zero-order valence-corrected chi connectivity index (χ0v) is 15.1. The molecule has 9 heteroatoms. The van der Waals surface area contributed by atoms with Gasteiger partial charge in [0.1, 0.15) is 23.8 Å². The molecule has 0 aliphatic heterocycles. The Bertz CT molecular complexity index is 1110. The first kappa shape index (κ1) is 21.2. The number of hydrogen-bond donors (Lipinski definition) is 1. The molecule has 30 heavy (non-hydrogen) atoms. The van der Waals surface area contributed by atoms with Crippen LogP contribution in [0.2, 0.25) is 0 Å². The fraction of sp³-hybridized carbons (Fsp3) is 0.0952. The third-order valence-electron chi connectivity index (χ3n) is 4.23. The summed E-state index contributed by atoms with van der Waals surface area (Å²) in [5.74, 6) is -5.16. The maximum Gasteiger partial charge on any atom is 0.416 e. The second-order valence-electron chi connectivity index (χ2n) is 6.28. The van der Waals surface area contributed by atoms with Crippen molar-refractivity contribution in [2.24, 2.45) is 5.73 Å². The summed E-state index contributed by atoms with van der Waals surface area (Å²) in [5, 5.41) is 0. The lowest BCUT2D eigenvalue weighted by Gasteiger charge is -2.12. The van der Waals surface area contributed by atoms with E-state index in [1.807, 2.05) is 0 Å². The number of alkyl halides is 3. The Hall–Kier alpha value is -3.49. The first-order valence-electron chi connectivity index (χ1n) is 8.44. The van der Waals surface area contributed by atoms with Crippen LogP contribution in [0.25, 0.3) is 11.1 Å². The van der Waals surface area contributed by atoms with Crippen molar-refractivity contribution in [1.82, 2.24) is 0 Å². The van der Waals surface area contributed by atoms with Gasteiger partial charge in [-0.3, -0.25) is 4.79 Å². The summed E-state index contributed by atoms with van der Waals surface area (Å²) < 4.78 is 85.3. The molecule has 0 unspecified atom stereocenters. The Morgan fingerprint density at radius 2 is 1.67 bits per heavy atom. The average molecular weight is 425 g/mol. The summed E-state index contributed by atoms with van der Waals surface area (Å²) in [5.41, 5.74) is 3.54. The Labute approximate surface area is 166 Å². The number of benzene rings is 3. The first-order chi connectivity index (χ1) is 14.1. The fourth-order valence-corrected chi connectivity index (χ4v) is 2.79. The molecule has 0 atom stereocenters. The molecular formula is C21H13F6NO2. The van der Waals surface area contributed by atoms with Crippen molar-refractivity contribution in [1.29, 1.82) is 0 Å². The van der Waals surface area contributed by atoms with E-state index in [1.165, 1.54) is 18.2 Å². The minimum Gasteiger partial charge on any atom is -0.486 e. The van der Waals surface area contributed by atoms with E-state index in [2.05, 4.69) is 0 Å². The van der Waals surface area contributed by atoms with Crippen molar-refractivity contribution in [2.45, 2.75) is 12.8 Å². The van der Waals surface area contributed by atoms with Gasteiger partial charge in [-0.2, -0.15) is 13.2 Å². The van der Waals surface area contributed by atoms with Gasteiger partial charge in [0.25, 0.3) is 5.91 Å². The highest BCUT2D eigenvalue weighted by Gasteiger charge is 2.31. The van der Waals surface area contributed by atoms with Gasteiger partial charge in [-0.05, 0) is 41.5 Å². The Morgan fingerprint density at radius 1 is 0.933 bits per heavy atom. The predicted molar refractivity (Wildman–Crippen MR) is 96.0 cm³/mol. The minimum atomic E-state index is -4.67. The summed E-state index contributed by atoms with van der Waals surface area (Å²) >= 11 is 0. The molecule has 3 rings (SSSR count). The molecule has 0 saturated carbocycles. The highest BCUT2D eigenvalue weighted by atomic mass is 19.4. The lowest BCUT2D eigenvalue weighted by atomic mass is 10.0. The van der Waals surface area contributed by atoms with Crippen LogP contribution in [0.15, 0.2) is 54.6 Å². The number of primary amides is 1. The third-order valence-corrected chi connectivity index (χ3v) is 4.23. The standard InChI is InChI=1S/C21H13F6NO2/c22-15-6-7-17(19(24)18(15)20(28)29)30-10-11-2-1-3-12(8-11)14-5-4-13(9-16(14)23)21(25,26)27/h1-9H,10H2,(H2,28,29). The molecule has 0 fully saturated rings. The Morgan fingerprint density at radius 3 is 2.30 bits per heavy atom. The smallest absolute Gasteiger partial charge is 0.416 e. The monoisotopic (exact) mass is 425 g/mol. The molecule has 0 bridgehead atoms. The number of carbonyl (C=O) groups excluding carboxylic acids is 1. The van der Waals surface area contributed by atoms with Crippen molar-refractivity contribution in [3.63, 3.8) is 0 Å². The largest absolute Gasteiger partial charge is 0.486 e. The zero-order chi connectivity index (χ0) is 22.1. The van der Waals surface area contributed by atoms with Gasteiger partial charge in [0.05, 0.1) is 5.56 Å². The molecular weight excluding hydrogens is 412 g/mol. The SMILES string of the molecule is NC(=O)c1c(F)ccc(OCc2cccc(-c3ccc(C(F)(F)F)cc3F)c2)c1F. The van der Waals surface area contributed by atoms with Gasteiger partial charge in [0, 0.05) is 5.56 Å². The number of rotatable bonds is 5. The van der Waals surface area contributed by atoms with Crippen molar-refractivity contribution in [3.8, 4) is 16.9 Å². The number of amides is 1. The van der Waals surface area contributed by atoms with Crippen LogP contribution in [-0.2, 0) is 12.8 Å². The summed E-state index contributed by atoms with van der Waals surface area (Å²) in [6, 6.07) is 9.99. The lowest BCUT2D eigenvalue weighted by Crippen LogP contribution is -2.16. The van der Waals surface area contributed by atoms with Crippen LogP contribution in [0, 0.1) is 17.5 Å². The molecule has 0 heterocycles. The molecule has 0 radical (unpaired) electrons. The number of carbonyl (C=O) groups is 1. The van der Waals surface area contributed by atoms with E-state index in [-0.39, 0.29) is 17.7 Å². The summed E-state index contributed by atoms with van der Waals surface area (Å²) in [6.45, 7) is -0.239. The second kappa shape index (κ2) is 8.10. The van der Waals surface area contributed by atoms with Gasteiger partial charge in [-0.15, -0.1) is 0 Å². The van der Waals surface area contributed by atoms with E-state index in [9.17, 15) is 31.1 Å². The molecule has 3 aromatic carbocycles. The van der Waals surface area contributed by atoms with E-state index >= 15 is 0 Å². The van der Waals surface area contributed by atoms with Gasteiger partial charge < -0.3 is 10.5 Å². The maximum absolute atomic E-state index is 14.2. The lowest BCUT2D eigenvalue weighted by molar-refractivity contribution is -0.137. The van der Waals surface area contributed by atoms with Gasteiger partial charge in [-0.1, -0.05) is 24.3 Å². The number of nitrogens with two attached hydrogens (primary N) is 1. The van der Waals surface area contributed by atoms with E-state index < -0.39 is 46.4 Å². The summed E-state index contributed by atoms with van der Waals surface area (Å²) in [4.78, 5) is 11.2. The van der Waals surface area contributed by atoms with Crippen molar-refractivity contribution in [2.75, 3.05) is 0 Å². The third kappa shape index (κ3) is 4.40. The van der Waals surface area contributed by atoms with Gasteiger partial charge >= 0.3 is 6.18 Å². The van der Waals surface area contributed by atoms with Crippen LogP contribution in [-0.4, -0.2) is 5.91 Å². The molecule has 0 aliphatic carbocycles. The Balaban J connectivity index is 1.84. The van der Waals surface area contributed by atoms with Crippen molar-refractivity contribution in [3.05, 3.63) is 88.7 Å². The van der Waals surface area contributed by atoms with E-state index in [4.69, 9.17) is 10.5 Å². The highest BCUT2D eigenvalue weighted by molar-refractivity contribution is 5.93. The maximum atomic E-state index is 14.2. The molecule has 3 nitrogen and oxygen atoms in total. The van der Waals surface area contributed by atoms with Crippen LogP contribution in [0.1, 0.15) is 21.5 Å². The quantitative estimate of drug-likeness (QED) is 0.552. The molecule has 2 N–H and O–H groups in total. The Kier molecular flexibility index (Phi) is 5.73. The molecule has 3 aromatic rings. The summed E-state index contributed by atoms with van der Waals surface area (Å²) in [7, 11) is 0. The molecule has 0 spiro atoms. The van der Waals surface area contributed by atoms with Gasteiger partial charge in [-0.25, -0.2) is 13.2 Å². The molecule has 0 saturated heterocycles. The van der Waals surface area contributed by atoms with Crippen molar-refractivity contribution < 1.29 is 35.9 Å². The molecule has 1 amide bonds. The second-order valence-corrected chi connectivity index (χ2v) is 6.28. The van der Waals surface area contributed by atoms with E-state index in [0.717, 1.165) is 24.3 Å². The number of ether oxygens (including phenoxy) is 1. The highest BCUT2D eigenvalue weighted by Crippen LogP contribution is 2.33. The van der Waals surface area contributed by atoms with Crippen LogP contribution in [0.3, 0.4) is 0 Å². The molecule has 0 aliphatic rings. The van der Waals surface area contributed by atoms with E-state index in [1.54, 1.807) is 6.07 Å². The fourth-order valence-electron chi connectivity index (χ4n) is 2.79. The normalized spacial score (nSPS) is 11.4. The van der Waals surface area contributed by atoms with Crippen LogP contribution >= 0.6 is 0 Å². The first-order valence-corrected chi connectivity index (χ1v) is 8.44.